The fourth-order valence-electron chi connectivity index (χ4n) is 6.06. The smallest absolute Gasteiger partial charge is 0.255 e. The van der Waals surface area contributed by atoms with E-state index in [-0.39, 0.29) is 23.1 Å². The van der Waals surface area contributed by atoms with Crippen LogP contribution in [0.2, 0.25) is 5.02 Å². The topological polar surface area (TPSA) is 88.8 Å². The third-order valence-corrected chi connectivity index (χ3v) is 8.69. The number of hydrogen-bond acceptors (Lipinski definition) is 6. The number of carbonyl (C=O) groups is 1. The Balaban J connectivity index is 1.12. The minimum absolute atomic E-state index is 0.0119. The van der Waals surface area contributed by atoms with Gasteiger partial charge in [-0.1, -0.05) is 36.6 Å². The van der Waals surface area contributed by atoms with E-state index in [1.54, 1.807) is 25.3 Å². The number of carbonyl (C=O) groups excluding carboxylic acids is 1. The summed E-state index contributed by atoms with van der Waals surface area (Å²) in [5.41, 5.74) is 1.36. The number of aromatic hydroxyl groups is 1. The second kappa shape index (κ2) is 14.4. The maximum atomic E-state index is 12.3. The van der Waals surface area contributed by atoms with Crippen LogP contribution in [0.1, 0.15) is 55.3 Å². The summed E-state index contributed by atoms with van der Waals surface area (Å²) in [5.74, 6) is 1.83. The summed E-state index contributed by atoms with van der Waals surface area (Å²) in [5, 5.41) is 23.2. The number of nitrogens with one attached hydrogen (secondary N) is 1. The molecule has 39 heavy (non-hydrogen) atoms. The fraction of sp³-hybridized carbons (Fsp3) is 0.548. The molecule has 2 aliphatic rings. The van der Waals surface area contributed by atoms with Crippen LogP contribution in [0, 0.1) is 29.1 Å². The summed E-state index contributed by atoms with van der Waals surface area (Å²) < 4.78 is 5.54. The van der Waals surface area contributed by atoms with E-state index in [0.717, 1.165) is 80.8 Å². The van der Waals surface area contributed by atoms with Crippen molar-refractivity contribution in [3.8, 4) is 17.6 Å². The molecular formula is C31H41ClN4O3. The number of nitrogens with zero attached hydrogens (tertiary/aromatic N) is 3. The van der Waals surface area contributed by atoms with Gasteiger partial charge in [0.1, 0.15) is 11.5 Å². The van der Waals surface area contributed by atoms with Crippen molar-refractivity contribution < 1.29 is 14.6 Å². The van der Waals surface area contributed by atoms with Crippen LogP contribution in [0.3, 0.4) is 0 Å². The van der Waals surface area contributed by atoms with Crippen molar-refractivity contribution in [1.29, 1.82) is 5.26 Å². The van der Waals surface area contributed by atoms with Gasteiger partial charge in [0.25, 0.3) is 5.91 Å². The second-order valence-corrected chi connectivity index (χ2v) is 11.3. The first-order chi connectivity index (χ1) is 19.0. The Morgan fingerprint density at radius 3 is 2.59 bits per heavy atom. The third-order valence-electron chi connectivity index (χ3n) is 8.46. The van der Waals surface area contributed by atoms with Gasteiger partial charge in [0.05, 0.1) is 24.4 Å². The number of nitriles is 1. The van der Waals surface area contributed by atoms with Crippen molar-refractivity contribution >= 4 is 23.2 Å². The number of halogens is 1. The quantitative estimate of drug-likeness (QED) is 0.346. The molecule has 0 spiro atoms. The molecular weight excluding hydrogens is 512 g/mol. The van der Waals surface area contributed by atoms with Gasteiger partial charge in [-0.25, -0.2) is 0 Å². The molecule has 0 radical (unpaired) electrons. The third kappa shape index (κ3) is 8.03. The summed E-state index contributed by atoms with van der Waals surface area (Å²) in [6, 6.07) is 14.9. The molecule has 0 aromatic heterocycles. The van der Waals surface area contributed by atoms with Gasteiger partial charge < -0.3 is 20.1 Å². The Hall–Kier alpha value is -2.95. The molecule has 0 bridgehead atoms. The summed E-state index contributed by atoms with van der Waals surface area (Å²) in [4.78, 5) is 17.2. The first kappa shape index (κ1) is 29.0. The van der Waals surface area contributed by atoms with Crippen LogP contribution in [0.25, 0.3) is 0 Å². The van der Waals surface area contributed by atoms with Gasteiger partial charge in [-0.05, 0) is 80.8 Å². The monoisotopic (exact) mass is 552 g/mol. The van der Waals surface area contributed by atoms with Gasteiger partial charge >= 0.3 is 0 Å². The lowest BCUT2D eigenvalue weighted by Crippen LogP contribution is -2.47. The molecule has 1 saturated carbocycles. The zero-order valence-electron chi connectivity index (χ0n) is 22.9. The summed E-state index contributed by atoms with van der Waals surface area (Å²) in [6.07, 6.45) is 7.44. The summed E-state index contributed by atoms with van der Waals surface area (Å²) in [7, 11) is 1.70. The van der Waals surface area contributed by atoms with E-state index in [0.29, 0.717) is 12.5 Å². The first-order valence-electron chi connectivity index (χ1n) is 14.2. The molecule has 1 atom stereocenters. The number of rotatable bonds is 11. The lowest BCUT2D eigenvalue weighted by molar-refractivity contribution is 0.0949. The molecule has 1 unspecified atom stereocenters. The second-order valence-electron chi connectivity index (χ2n) is 10.9. The number of anilines is 1. The largest absolute Gasteiger partial charge is 0.507 e. The highest BCUT2D eigenvalue weighted by Crippen LogP contribution is 2.37. The first-order valence-corrected chi connectivity index (χ1v) is 14.6. The lowest BCUT2D eigenvalue weighted by Gasteiger charge is -2.38. The van der Waals surface area contributed by atoms with Crippen molar-refractivity contribution in [2.45, 2.75) is 44.9 Å². The van der Waals surface area contributed by atoms with Crippen LogP contribution in [0.15, 0.2) is 42.5 Å². The van der Waals surface area contributed by atoms with Crippen LogP contribution in [0.5, 0.6) is 11.5 Å². The van der Waals surface area contributed by atoms with Crippen molar-refractivity contribution in [2.24, 2.45) is 17.8 Å². The molecule has 1 amide bonds. The van der Waals surface area contributed by atoms with Gasteiger partial charge in [0, 0.05) is 43.7 Å². The number of hydrogen-bond donors (Lipinski definition) is 2. The van der Waals surface area contributed by atoms with Gasteiger partial charge in [0.15, 0.2) is 0 Å². The SMILES string of the molecule is COc1ccc(Cl)cc1N1CCN(CCC2CCC(C(C#N)CCCNC(=O)c3ccccc3O)CC2)CC1. The minimum Gasteiger partial charge on any atom is -0.507 e. The van der Waals surface area contributed by atoms with E-state index in [1.165, 1.54) is 25.3 Å². The van der Waals surface area contributed by atoms with Crippen LogP contribution >= 0.6 is 11.6 Å². The standard InChI is InChI=1S/C31H41ClN4O3/c1-39-30-13-12-26(32)21-28(30)36-19-17-35(18-20-36)16-14-23-8-10-24(11-9-23)25(22-33)5-4-15-34-31(38)27-6-2-3-7-29(27)37/h2-3,6-7,12-13,21,23-25,37H,4-5,8-11,14-20H2,1H3,(H,34,38). The summed E-state index contributed by atoms with van der Waals surface area (Å²) >= 11 is 6.23. The van der Waals surface area contributed by atoms with Gasteiger partial charge in [-0.15, -0.1) is 0 Å². The molecule has 1 heterocycles. The number of benzene rings is 2. The molecule has 1 aliphatic heterocycles. The van der Waals surface area contributed by atoms with E-state index in [1.807, 2.05) is 18.2 Å². The minimum atomic E-state index is -0.271. The van der Waals surface area contributed by atoms with Crippen LogP contribution in [0.4, 0.5) is 5.69 Å². The number of amides is 1. The zero-order valence-corrected chi connectivity index (χ0v) is 23.7. The highest BCUT2D eigenvalue weighted by atomic mass is 35.5. The Bertz CT molecular complexity index is 1120. The normalized spacial score (nSPS) is 20.7. The molecule has 8 heteroatoms. The van der Waals surface area contributed by atoms with E-state index < -0.39 is 0 Å². The van der Waals surface area contributed by atoms with Crippen molar-refractivity contribution in [3.05, 3.63) is 53.1 Å². The Kier molecular flexibility index (Phi) is 10.8. The predicted molar refractivity (Wildman–Crippen MR) is 155 cm³/mol. The molecule has 2 fully saturated rings. The number of ether oxygens (including phenoxy) is 1. The molecule has 2 aromatic rings. The number of phenolic OH excluding ortho intramolecular Hbond substituents is 1. The highest BCUT2D eigenvalue weighted by Gasteiger charge is 2.28. The molecule has 1 aliphatic carbocycles. The number of piperazine rings is 1. The summed E-state index contributed by atoms with van der Waals surface area (Å²) in [6.45, 7) is 5.68. The maximum absolute atomic E-state index is 12.3. The average molecular weight is 553 g/mol. The van der Waals surface area contributed by atoms with Crippen molar-refractivity contribution in [1.82, 2.24) is 10.2 Å². The van der Waals surface area contributed by atoms with Gasteiger partial charge in [-0.3, -0.25) is 9.69 Å². The molecule has 2 aromatic carbocycles. The number of phenols is 1. The number of para-hydroxylation sites is 1. The maximum Gasteiger partial charge on any atom is 0.255 e. The molecule has 7 nitrogen and oxygen atoms in total. The Morgan fingerprint density at radius 1 is 1.15 bits per heavy atom. The Labute approximate surface area is 237 Å². The van der Waals surface area contributed by atoms with Crippen LogP contribution < -0.4 is 15.0 Å². The average Bonchev–Trinajstić information content (AvgIpc) is 2.97. The lowest BCUT2D eigenvalue weighted by atomic mass is 9.74. The van der Waals surface area contributed by atoms with E-state index in [9.17, 15) is 15.2 Å². The molecule has 4 rings (SSSR count). The van der Waals surface area contributed by atoms with E-state index in [2.05, 4.69) is 21.2 Å². The zero-order chi connectivity index (χ0) is 27.6. The van der Waals surface area contributed by atoms with Crippen molar-refractivity contribution in [2.75, 3.05) is 51.3 Å². The fourth-order valence-corrected chi connectivity index (χ4v) is 6.22. The molecule has 1 saturated heterocycles. The highest BCUT2D eigenvalue weighted by molar-refractivity contribution is 6.30. The number of methoxy groups -OCH3 is 1. The van der Waals surface area contributed by atoms with Crippen LogP contribution in [-0.2, 0) is 0 Å². The van der Waals surface area contributed by atoms with Gasteiger partial charge in [0.2, 0.25) is 0 Å². The van der Waals surface area contributed by atoms with Crippen LogP contribution in [-0.4, -0.2) is 62.3 Å². The Morgan fingerprint density at radius 2 is 1.90 bits per heavy atom. The molecule has 210 valence electrons. The van der Waals surface area contributed by atoms with Gasteiger partial charge in [-0.2, -0.15) is 5.26 Å². The van der Waals surface area contributed by atoms with E-state index in [4.69, 9.17) is 16.3 Å². The predicted octanol–water partition coefficient (Wildman–Crippen LogP) is 5.72. The van der Waals surface area contributed by atoms with Crippen molar-refractivity contribution in [3.63, 3.8) is 0 Å². The molecule has 2 N–H and O–H groups in total. The van der Waals surface area contributed by atoms with E-state index >= 15 is 0 Å².